The van der Waals surface area contributed by atoms with Gasteiger partial charge in [0.2, 0.25) is 0 Å². The Hall–Kier alpha value is -2.14. The molecule has 0 radical (unpaired) electrons. The van der Waals surface area contributed by atoms with Crippen molar-refractivity contribution in [2.24, 2.45) is 0 Å². The fourth-order valence-corrected chi connectivity index (χ4v) is 2.40. The Morgan fingerprint density at radius 2 is 1.95 bits per heavy atom. The number of fused-ring (bicyclic) bond motifs is 1. The predicted octanol–water partition coefficient (Wildman–Crippen LogP) is 3.28. The molecule has 0 aliphatic carbocycles. The number of esters is 1. The molecule has 0 bridgehead atoms. The minimum Gasteiger partial charge on any atom is -0.507 e. The summed E-state index contributed by atoms with van der Waals surface area (Å²) in [6, 6.07) is 4.87. The molecule has 0 fully saturated rings. The molecule has 5 nitrogen and oxygen atoms in total. The summed E-state index contributed by atoms with van der Waals surface area (Å²) in [6.07, 6.45) is 0. The minimum absolute atomic E-state index is 0.0210. The van der Waals surface area contributed by atoms with Gasteiger partial charge in [-0.3, -0.25) is 4.79 Å². The molecule has 2 rings (SSSR count). The summed E-state index contributed by atoms with van der Waals surface area (Å²) in [5.41, 5.74) is 0.637. The maximum absolute atomic E-state index is 10.9. The summed E-state index contributed by atoms with van der Waals surface area (Å²) in [6.45, 7) is 1.39. The van der Waals surface area contributed by atoms with Gasteiger partial charge in [-0.1, -0.05) is 11.6 Å². The van der Waals surface area contributed by atoms with Crippen LogP contribution < -0.4 is 9.47 Å². The van der Waals surface area contributed by atoms with Crippen LogP contribution >= 0.6 is 11.6 Å². The molecule has 0 aliphatic rings. The van der Waals surface area contributed by atoms with E-state index in [4.69, 9.17) is 25.8 Å². The van der Waals surface area contributed by atoms with Crippen molar-refractivity contribution in [3.63, 3.8) is 0 Å². The first-order valence-corrected chi connectivity index (χ1v) is 6.55. The van der Waals surface area contributed by atoms with Crippen molar-refractivity contribution in [3.8, 4) is 17.2 Å². The summed E-state index contributed by atoms with van der Waals surface area (Å²) < 4.78 is 15.5. The van der Waals surface area contributed by atoms with Gasteiger partial charge in [-0.25, -0.2) is 0 Å². The summed E-state index contributed by atoms with van der Waals surface area (Å²) >= 11 is 6.12. The van der Waals surface area contributed by atoms with E-state index in [0.29, 0.717) is 32.9 Å². The molecule has 2 aromatic rings. The summed E-state index contributed by atoms with van der Waals surface area (Å²) in [5, 5.41) is 11.7. The Morgan fingerprint density at radius 1 is 1.24 bits per heavy atom. The number of rotatable bonds is 4. The van der Waals surface area contributed by atoms with Crippen LogP contribution in [0.2, 0.25) is 5.02 Å². The molecule has 0 amide bonds. The van der Waals surface area contributed by atoms with E-state index in [9.17, 15) is 9.90 Å². The highest BCUT2D eigenvalue weighted by Gasteiger charge is 2.17. The Bertz CT molecular complexity index is 696. The van der Waals surface area contributed by atoms with Crippen LogP contribution in [-0.2, 0) is 16.1 Å². The molecule has 0 heterocycles. The normalized spacial score (nSPS) is 10.5. The molecule has 2 aromatic carbocycles. The van der Waals surface area contributed by atoms with Gasteiger partial charge in [0.25, 0.3) is 0 Å². The highest BCUT2D eigenvalue weighted by atomic mass is 35.5. The van der Waals surface area contributed by atoms with Gasteiger partial charge in [0.1, 0.15) is 23.9 Å². The quantitative estimate of drug-likeness (QED) is 0.878. The molecule has 0 saturated carbocycles. The Balaban J connectivity index is 2.66. The summed E-state index contributed by atoms with van der Waals surface area (Å²) in [7, 11) is 2.98. The van der Waals surface area contributed by atoms with Gasteiger partial charge in [-0.2, -0.15) is 0 Å². The second kappa shape index (κ2) is 6.10. The second-order valence-corrected chi connectivity index (χ2v) is 4.82. The Labute approximate surface area is 127 Å². The molecule has 0 spiro atoms. The van der Waals surface area contributed by atoms with Crippen molar-refractivity contribution in [3.05, 3.63) is 28.8 Å². The number of halogens is 1. The van der Waals surface area contributed by atoms with Gasteiger partial charge in [-0.15, -0.1) is 0 Å². The topological polar surface area (TPSA) is 65.0 Å². The average Bonchev–Trinajstić information content (AvgIpc) is 2.44. The lowest BCUT2D eigenvalue weighted by molar-refractivity contribution is -0.142. The van der Waals surface area contributed by atoms with Crippen LogP contribution in [0, 0.1) is 0 Å². The predicted molar refractivity (Wildman–Crippen MR) is 79.2 cm³/mol. The van der Waals surface area contributed by atoms with Gasteiger partial charge in [0, 0.05) is 18.4 Å². The van der Waals surface area contributed by atoms with Crippen LogP contribution in [-0.4, -0.2) is 25.3 Å². The van der Waals surface area contributed by atoms with Gasteiger partial charge in [-0.05, 0) is 17.7 Å². The lowest BCUT2D eigenvalue weighted by Gasteiger charge is -2.14. The van der Waals surface area contributed by atoms with E-state index in [1.54, 1.807) is 12.1 Å². The lowest BCUT2D eigenvalue weighted by atomic mass is 10.0. The largest absolute Gasteiger partial charge is 0.507 e. The number of aromatic hydroxyl groups is 1. The third-order valence-corrected chi connectivity index (χ3v) is 3.29. The number of ether oxygens (including phenoxy) is 3. The third-order valence-electron chi connectivity index (χ3n) is 3.01. The van der Waals surface area contributed by atoms with Crippen LogP contribution in [0.5, 0.6) is 17.2 Å². The molecule has 0 aliphatic heterocycles. The van der Waals surface area contributed by atoms with Crippen LogP contribution in [0.25, 0.3) is 10.8 Å². The SMILES string of the molecule is COc1cc(Cl)c(OC)c2c(O)cc(COC(C)=O)cc12. The highest BCUT2D eigenvalue weighted by Crippen LogP contribution is 2.44. The highest BCUT2D eigenvalue weighted by molar-refractivity contribution is 6.33. The van der Waals surface area contributed by atoms with Crippen molar-refractivity contribution < 1.29 is 24.1 Å². The molecule has 0 aromatic heterocycles. The number of carbonyl (C=O) groups excluding carboxylic acids is 1. The maximum atomic E-state index is 10.9. The molecule has 21 heavy (non-hydrogen) atoms. The van der Waals surface area contributed by atoms with E-state index >= 15 is 0 Å². The molecule has 1 N–H and O–H groups in total. The van der Waals surface area contributed by atoms with Gasteiger partial charge in [0.05, 0.1) is 24.6 Å². The molecule has 6 heteroatoms. The van der Waals surface area contributed by atoms with Crippen molar-refractivity contribution in [1.82, 2.24) is 0 Å². The van der Waals surface area contributed by atoms with E-state index in [0.717, 1.165) is 0 Å². The number of benzene rings is 2. The number of hydrogen-bond acceptors (Lipinski definition) is 5. The van der Waals surface area contributed by atoms with Crippen LogP contribution in [0.3, 0.4) is 0 Å². The number of methoxy groups -OCH3 is 2. The van der Waals surface area contributed by atoms with Crippen molar-refractivity contribution in [2.75, 3.05) is 14.2 Å². The van der Waals surface area contributed by atoms with E-state index in [1.165, 1.54) is 27.2 Å². The van der Waals surface area contributed by atoms with Gasteiger partial charge in [0.15, 0.2) is 0 Å². The zero-order valence-corrected chi connectivity index (χ0v) is 12.7. The fourth-order valence-electron chi connectivity index (χ4n) is 2.13. The van der Waals surface area contributed by atoms with Crippen LogP contribution in [0.15, 0.2) is 18.2 Å². The van der Waals surface area contributed by atoms with Crippen molar-refractivity contribution in [2.45, 2.75) is 13.5 Å². The first-order chi connectivity index (χ1) is 9.97. The van der Waals surface area contributed by atoms with E-state index in [2.05, 4.69) is 0 Å². The third kappa shape index (κ3) is 2.97. The summed E-state index contributed by atoms with van der Waals surface area (Å²) in [5.74, 6) is 0.447. The Morgan fingerprint density at radius 3 is 2.52 bits per heavy atom. The average molecular weight is 311 g/mol. The monoisotopic (exact) mass is 310 g/mol. The Kier molecular flexibility index (Phi) is 4.43. The summed E-state index contributed by atoms with van der Waals surface area (Å²) in [4.78, 5) is 10.9. The van der Waals surface area contributed by atoms with Gasteiger partial charge < -0.3 is 19.3 Å². The number of carbonyl (C=O) groups is 1. The van der Waals surface area contributed by atoms with E-state index in [1.807, 2.05) is 0 Å². The molecule has 0 atom stereocenters. The van der Waals surface area contributed by atoms with E-state index in [-0.39, 0.29) is 12.4 Å². The first-order valence-electron chi connectivity index (χ1n) is 6.17. The maximum Gasteiger partial charge on any atom is 0.302 e. The number of phenolic OH excluding ortho intramolecular Hbond substituents is 1. The minimum atomic E-state index is -0.393. The van der Waals surface area contributed by atoms with Crippen molar-refractivity contribution in [1.29, 1.82) is 0 Å². The van der Waals surface area contributed by atoms with Crippen LogP contribution in [0.1, 0.15) is 12.5 Å². The zero-order chi connectivity index (χ0) is 15.6. The zero-order valence-electron chi connectivity index (χ0n) is 11.9. The first kappa shape index (κ1) is 15.3. The number of hydrogen-bond donors (Lipinski definition) is 1. The number of phenols is 1. The van der Waals surface area contributed by atoms with Crippen molar-refractivity contribution >= 4 is 28.3 Å². The molecular weight excluding hydrogens is 296 g/mol. The second-order valence-electron chi connectivity index (χ2n) is 4.41. The fraction of sp³-hybridized carbons (Fsp3) is 0.267. The molecule has 0 unspecified atom stereocenters. The standard InChI is InChI=1S/C15H15ClO5/c1-8(17)21-7-9-4-10-13(19-2)6-11(16)15(20-3)14(10)12(18)5-9/h4-6,18H,7H2,1-3H3. The molecule has 112 valence electrons. The molecular formula is C15H15ClO5. The van der Waals surface area contributed by atoms with E-state index < -0.39 is 5.97 Å². The lowest BCUT2D eigenvalue weighted by Crippen LogP contribution is -1.99. The van der Waals surface area contributed by atoms with Crippen LogP contribution in [0.4, 0.5) is 0 Å². The van der Waals surface area contributed by atoms with Gasteiger partial charge >= 0.3 is 5.97 Å². The molecule has 0 saturated heterocycles. The smallest absolute Gasteiger partial charge is 0.302 e.